The molecule has 0 radical (unpaired) electrons. The van der Waals surface area contributed by atoms with Gasteiger partial charge in [0, 0.05) is 24.8 Å². The first-order valence-corrected chi connectivity index (χ1v) is 5.16. The number of likely N-dealkylation sites (N-methyl/N-ethyl adjacent to an activating group) is 1. The number of hydrogen-bond donors (Lipinski definition) is 2. The molecule has 16 heavy (non-hydrogen) atoms. The lowest BCUT2D eigenvalue weighted by molar-refractivity contribution is 0.0885. The van der Waals surface area contributed by atoms with Crippen LogP contribution >= 0.6 is 0 Å². The van der Waals surface area contributed by atoms with Gasteiger partial charge < -0.3 is 15.1 Å². The second kappa shape index (κ2) is 4.80. The lowest BCUT2D eigenvalue weighted by Gasteiger charge is -2.28. The molecule has 0 saturated carbocycles. The molecule has 0 aliphatic rings. The van der Waals surface area contributed by atoms with E-state index in [-0.39, 0.29) is 12.4 Å². The molecule has 0 bridgehead atoms. The van der Waals surface area contributed by atoms with Crippen molar-refractivity contribution in [3.63, 3.8) is 0 Å². The van der Waals surface area contributed by atoms with Crippen LogP contribution in [-0.4, -0.2) is 29.4 Å². The van der Waals surface area contributed by atoms with E-state index in [9.17, 15) is 9.50 Å². The molecular formula is C12H18FNO2. The maximum atomic E-state index is 13.0. The number of aliphatic hydroxyl groups is 2. The molecule has 0 spiro atoms. The molecule has 0 aliphatic heterocycles. The standard InChI is InChI=1S/C12H18FNO2/c1-12(2,16)8-14(3)11-5-4-10(13)6-9(11)7-15/h4-6,15-16H,7-8H2,1-3H3. The van der Waals surface area contributed by atoms with E-state index >= 15 is 0 Å². The number of benzene rings is 1. The first kappa shape index (κ1) is 12.9. The van der Waals surface area contributed by atoms with Crippen LogP contribution in [0.25, 0.3) is 0 Å². The highest BCUT2D eigenvalue weighted by atomic mass is 19.1. The Hall–Kier alpha value is -1.13. The van der Waals surface area contributed by atoms with Gasteiger partial charge in [-0.15, -0.1) is 0 Å². The Morgan fingerprint density at radius 1 is 1.38 bits per heavy atom. The summed E-state index contributed by atoms with van der Waals surface area (Å²) in [5.41, 5.74) is 0.411. The quantitative estimate of drug-likeness (QED) is 0.819. The number of anilines is 1. The van der Waals surface area contributed by atoms with Gasteiger partial charge in [0.1, 0.15) is 5.82 Å². The maximum absolute atomic E-state index is 13.0. The van der Waals surface area contributed by atoms with Gasteiger partial charge in [-0.25, -0.2) is 4.39 Å². The number of aliphatic hydroxyl groups excluding tert-OH is 1. The van der Waals surface area contributed by atoms with Gasteiger partial charge in [-0.2, -0.15) is 0 Å². The summed E-state index contributed by atoms with van der Waals surface area (Å²) in [7, 11) is 1.80. The Kier molecular flexibility index (Phi) is 3.88. The first-order chi connectivity index (χ1) is 7.33. The van der Waals surface area contributed by atoms with Gasteiger partial charge in [-0.3, -0.25) is 0 Å². The van der Waals surface area contributed by atoms with E-state index in [1.807, 2.05) is 0 Å². The van der Waals surface area contributed by atoms with Crippen molar-refractivity contribution in [2.75, 3.05) is 18.5 Å². The van der Waals surface area contributed by atoms with Gasteiger partial charge in [0.05, 0.1) is 12.2 Å². The van der Waals surface area contributed by atoms with Crippen LogP contribution in [0.3, 0.4) is 0 Å². The third-order valence-electron chi connectivity index (χ3n) is 2.25. The van der Waals surface area contributed by atoms with Gasteiger partial charge in [-0.05, 0) is 32.0 Å². The van der Waals surface area contributed by atoms with E-state index < -0.39 is 5.60 Å². The number of nitrogens with zero attached hydrogens (tertiary/aromatic N) is 1. The zero-order valence-electron chi connectivity index (χ0n) is 9.87. The van der Waals surface area contributed by atoms with Crippen molar-refractivity contribution in [2.24, 2.45) is 0 Å². The Bertz CT molecular complexity index is 361. The molecule has 1 rings (SSSR count). The molecule has 0 atom stereocenters. The van der Waals surface area contributed by atoms with Crippen LogP contribution in [0.5, 0.6) is 0 Å². The molecule has 0 fully saturated rings. The van der Waals surface area contributed by atoms with Crippen molar-refractivity contribution in [3.05, 3.63) is 29.6 Å². The van der Waals surface area contributed by atoms with E-state index in [0.29, 0.717) is 12.1 Å². The van der Waals surface area contributed by atoms with E-state index in [2.05, 4.69) is 0 Å². The average Bonchev–Trinajstić information content (AvgIpc) is 2.14. The summed E-state index contributed by atoms with van der Waals surface area (Å²) in [4.78, 5) is 1.80. The third-order valence-corrected chi connectivity index (χ3v) is 2.25. The number of halogens is 1. The minimum Gasteiger partial charge on any atom is -0.392 e. The Morgan fingerprint density at radius 2 is 2.00 bits per heavy atom. The molecule has 2 N–H and O–H groups in total. The van der Waals surface area contributed by atoms with Crippen molar-refractivity contribution in [1.29, 1.82) is 0 Å². The van der Waals surface area contributed by atoms with E-state index in [1.54, 1.807) is 31.9 Å². The summed E-state index contributed by atoms with van der Waals surface area (Å²) >= 11 is 0. The van der Waals surface area contributed by atoms with Gasteiger partial charge in [0.2, 0.25) is 0 Å². The molecule has 90 valence electrons. The highest BCUT2D eigenvalue weighted by molar-refractivity contribution is 5.53. The van der Waals surface area contributed by atoms with Crippen molar-refractivity contribution in [2.45, 2.75) is 26.1 Å². The van der Waals surface area contributed by atoms with Crippen LogP contribution in [0, 0.1) is 5.82 Å². The fraction of sp³-hybridized carbons (Fsp3) is 0.500. The summed E-state index contributed by atoms with van der Waals surface area (Å²) in [5, 5.41) is 18.8. The summed E-state index contributed by atoms with van der Waals surface area (Å²) in [6.45, 7) is 3.59. The predicted molar refractivity (Wildman–Crippen MR) is 61.9 cm³/mol. The normalized spacial score (nSPS) is 11.6. The van der Waals surface area contributed by atoms with E-state index in [0.717, 1.165) is 5.69 Å². The van der Waals surface area contributed by atoms with Crippen LogP contribution in [0.4, 0.5) is 10.1 Å². The molecular weight excluding hydrogens is 209 g/mol. The van der Waals surface area contributed by atoms with Gasteiger partial charge in [0.25, 0.3) is 0 Å². The smallest absolute Gasteiger partial charge is 0.123 e. The molecule has 4 heteroatoms. The highest BCUT2D eigenvalue weighted by Crippen LogP contribution is 2.22. The summed E-state index contributed by atoms with van der Waals surface area (Å²) in [6, 6.07) is 4.25. The van der Waals surface area contributed by atoms with Crippen LogP contribution in [0.15, 0.2) is 18.2 Å². The van der Waals surface area contributed by atoms with Gasteiger partial charge in [0.15, 0.2) is 0 Å². The Morgan fingerprint density at radius 3 is 2.50 bits per heavy atom. The molecule has 0 aliphatic carbocycles. The molecule has 0 amide bonds. The van der Waals surface area contributed by atoms with Gasteiger partial charge in [-0.1, -0.05) is 0 Å². The Balaban J connectivity index is 2.94. The fourth-order valence-corrected chi connectivity index (χ4v) is 1.72. The minimum absolute atomic E-state index is 0.219. The molecule has 0 heterocycles. The Labute approximate surface area is 95.1 Å². The first-order valence-electron chi connectivity index (χ1n) is 5.16. The average molecular weight is 227 g/mol. The highest BCUT2D eigenvalue weighted by Gasteiger charge is 2.17. The topological polar surface area (TPSA) is 43.7 Å². The third kappa shape index (κ3) is 3.47. The fourth-order valence-electron chi connectivity index (χ4n) is 1.72. The van der Waals surface area contributed by atoms with E-state index in [4.69, 9.17) is 5.11 Å². The van der Waals surface area contributed by atoms with Crippen LogP contribution < -0.4 is 4.90 Å². The lowest BCUT2D eigenvalue weighted by atomic mass is 10.1. The maximum Gasteiger partial charge on any atom is 0.123 e. The molecule has 1 aromatic carbocycles. The molecule has 0 aromatic heterocycles. The van der Waals surface area contributed by atoms with Crippen molar-refractivity contribution in [1.82, 2.24) is 0 Å². The van der Waals surface area contributed by atoms with Crippen molar-refractivity contribution < 1.29 is 14.6 Å². The molecule has 1 aromatic rings. The summed E-state index contributed by atoms with van der Waals surface area (Å²) in [6.07, 6.45) is 0. The monoisotopic (exact) mass is 227 g/mol. The molecule has 0 unspecified atom stereocenters. The minimum atomic E-state index is -0.837. The largest absolute Gasteiger partial charge is 0.392 e. The van der Waals surface area contributed by atoms with Crippen LogP contribution in [0.2, 0.25) is 0 Å². The lowest BCUT2D eigenvalue weighted by Crippen LogP contribution is -2.36. The summed E-state index contributed by atoms with van der Waals surface area (Å²) in [5.74, 6) is -0.371. The van der Waals surface area contributed by atoms with Crippen molar-refractivity contribution >= 4 is 5.69 Å². The van der Waals surface area contributed by atoms with Crippen LogP contribution in [-0.2, 0) is 6.61 Å². The zero-order chi connectivity index (χ0) is 12.3. The second-order valence-electron chi connectivity index (χ2n) is 4.60. The molecule has 0 saturated heterocycles. The van der Waals surface area contributed by atoms with Gasteiger partial charge >= 0.3 is 0 Å². The van der Waals surface area contributed by atoms with Crippen molar-refractivity contribution in [3.8, 4) is 0 Å². The predicted octanol–water partition coefficient (Wildman–Crippen LogP) is 1.53. The number of rotatable bonds is 4. The van der Waals surface area contributed by atoms with E-state index in [1.165, 1.54) is 12.1 Å². The SMILES string of the molecule is CN(CC(C)(C)O)c1ccc(F)cc1CO. The zero-order valence-corrected chi connectivity index (χ0v) is 9.87. The number of hydrogen-bond acceptors (Lipinski definition) is 3. The summed E-state index contributed by atoms with van der Waals surface area (Å²) < 4.78 is 13.0. The molecule has 3 nitrogen and oxygen atoms in total. The van der Waals surface area contributed by atoms with Crippen LogP contribution in [0.1, 0.15) is 19.4 Å². The second-order valence-corrected chi connectivity index (χ2v) is 4.60.